The summed E-state index contributed by atoms with van der Waals surface area (Å²) in [6.07, 6.45) is 2.33. The predicted octanol–water partition coefficient (Wildman–Crippen LogP) is -0.157. The molecule has 4 heteroatoms. The summed E-state index contributed by atoms with van der Waals surface area (Å²) in [6.45, 7) is 1.82. The minimum atomic E-state index is 0.179. The molecule has 1 amide bonds. The highest BCUT2D eigenvalue weighted by atomic mass is 16.5. The third kappa shape index (κ3) is 3.74. The summed E-state index contributed by atoms with van der Waals surface area (Å²) in [6, 6.07) is 0.511. The van der Waals surface area contributed by atoms with E-state index in [0.717, 1.165) is 6.54 Å². The van der Waals surface area contributed by atoms with Crippen molar-refractivity contribution in [3.8, 4) is 0 Å². The Bertz CT molecular complexity index is 169. The van der Waals surface area contributed by atoms with E-state index in [0.29, 0.717) is 19.2 Å². The van der Waals surface area contributed by atoms with Crippen LogP contribution in [-0.4, -0.2) is 50.7 Å². The summed E-state index contributed by atoms with van der Waals surface area (Å²) in [5.41, 5.74) is 0. The Morgan fingerprint density at radius 3 is 2.85 bits per heavy atom. The van der Waals surface area contributed by atoms with Crippen molar-refractivity contribution < 1.29 is 9.53 Å². The third-order valence-corrected chi connectivity index (χ3v) is 2.25. The van der Waals surface area contributed by atoms with Crippen LogP contribution in [0.2, 0.25) is 0 Å². The first-order chi connectivity index (χ1) is 6.25. The summed E-state index contributed by atoms with van der Waals surface area (Å²) >= 11 is 0. The number of hydrogen-bond donors (Lipinski definition) is 1. The number of likely N-dealkylation sites (N-methyl/N-ethyl adjacent to an activating group) is 1. The molecule has 4 nitrogen and oxygen atoms in total. The van der Waals surface area contributed by atoms with Gasteiger partial charge in [-0.3, -0.25) is 4.79 Å². The molecule has 0 unspecified atom stereocenters. The number of methoxy groups -OCH3 is 1. The molecule has 76 valence electrons. The van der Waals surface area contributed by atoms with E-state index < -0.39 is 0 Å². The Balaban J connectivity index is 2.02. The maximum absolute atomic E-state index is 11.4. The smallest absolute Gasteiger partial charge is 0.236 e. The van der Waals surface area contributed by atoms with Gasteiger partial charge in [0.25, 0.3) is 0 Å². The van der Waals surface area contributed by atoms with Gasteiger partial charge in [-0.15, -0.1) is 0 Å². The van der Waals surface area contributed by atoms with Gasteiger partial charge in [-0.25, -0.2) is 0 Å². The fraction of sp³-hybridized carbons (Fsp3) is 0.889. The number of carbonyl (C=O) groups excluding carboxylic acids is 1. The Labute approximate surface area is 79.2 Å². The second kappa shape index (κ2) is 5.19. The minimum absolute atomic E-state index is 0.179. The van der Waals surface area contributed by atoms with Crippen molar-refractivity contribution in [1.82, 2.24) is 10.2 Å². The summed E-state index contributed by atoms with van der Waals surface area (Å²) in [4.78, 5) is 13.2. The molecule has 1 rings (SSSR count). The van der Waals surface area contributed by atoms with E-state index in [1.165, 1.54) is 12.8 Å². The molecule has 0 aromatic rings. The lowest BCUT2D eigenvalue weighted by Crippen LogP contribution is -2.37. The molecule has 0 saturated heterocycles. The number of nitrogens with zero attached hydrogens (tertiary/aromatic N) is 1. The van der Waals surface area contributed by atoms with Crippen LogP contribution in [0.25, 0.3) is 0 Å². The number of carbonyl (C=O) groups is 1. The second-order valence-corrected chi connectivity index (χ2v) is 3.41. The highest BCUT2D eigenvalue weighted by Gasteiger charge is 2.28. The Kier molecular flexibility index (Phi) is 4.18. The highest BCUT2D eigenvalue weighted by molar-refractivity contribution is 5.78. The van der Waals surface area contributed by atoms with Crippen LogP contribution in [0, 0.1) is 0 Å². The lowest BCUT2D eigenvalue weighted by molar-refractivity contribution is -0.129. The molecule has 1 saturated carbocycles. The standard InChI is InChI=1S/C9H18N2O2/c1-11(8-3-4-8)9(12)7-10-5-6-13-2/h8,10H,3-7H2,1-2H3. The van der Waals surface area contributed by atoms with Gasteiger partial charge in [0.2, 0.25) is 5.91 Å². The molecule has 1 fully saturated rings. The fourth-order valence-electron chi connectivity index (χ4n) is 1.16. The van der Waals surface area contributed by atoms with Gasteiger partial charge in [0, 0.05) is 26.7 Å². The van der Waals surface area contributed by atoms with E-state index in [-0.39, 0.29) is 5.91 Å². The minimum Gasteiger partial charge on any atom is -0.383 e. The van der Waals surface area contributed by atoms with Crippen LogP contribution in [0.15, 0.2) is 0 Å². The number of hydrogen-bond acceptors (Lipinski definition) is 3. The van der Waals surface area contributed by atoms with Gasteiger partial charge in [0.15, 0.2) is 0 Å². The predicted molar refractivity (Wildman–Crippen MR) is 50.5 cm³/mol. The number of amides is 1. The largest absolute Gasteiger partial charge is 0.383 e. The van der Waals surface area contributed by atoms with Crippen molar-refractivity contribution in [2.45, 2.75) is 18.9 Å². The van der Waals surface area contributed by atoms with Gasteiger partial charge < -0.3 is 15.0 Å². The lowest BCUT2D eigenvalue weighted by Gasteiger charge is -2.16. The van der Waals surface area contributed by atoms with Gasteiger partial charge >= 0.3 is 0 Å². The Morgan fingerprint density at radius 1 is 1.62 bits per heavy atom. The van der Waals surface area contributed by atoms with Crippen LogP contribution < -0.4 is 5.32 Å². The van der Waals surface area contributed by atoms with E-state index in [1.54, 1.807) is 7.11 Å². The molecule has 0 aromatic carbocycles. The topological polar surface area (TPSA) is 41.6 Å². The zero-order chi connectivity index (χ0) is 9.68. The fourth-order valence-corrected chi connectivity index (χ4v) is 1.16. The van der Waals surface area contributed by atoms with Crippen LogP contribution in [-0.2, 0) is 9.53 Å². The maximum Gasteiger partial charge on any atom is 0.236 e. The molecule has 1 aliphatic rings. The molecule has 0 aliphatic heterocycles. The quantitative estimate of drug-likeness (QED) is 0.586. The number of ether oxygens (including phenoxy) is 1. The summed E-state index contributed by atoms with van der Waals surface area (Å²) in [7, 11) is 3.53. The van der Waals surface area contributed by atoms with Crippen molar-refractivity contribution in [3.63, 3.8) is 0 Å². The van der Waals surface area contributed by atoms with Crippen LogP contribution in [0.1, 0.15) is 12.8 Å². The first-order valence-electron chi connectivity index (χ1n) is 4.71. The van der Waals surface area contributed by atoms with E-state index in [2.05, 4.69) is 5.32 Å². The maximum atomic E-state index is 11.4. The van der Waals surface area contributed by atoms with Crippen LogP contribution in [0.5, 0.6) is 0 Å². The van der Waals surface area contributed by atoms with Crippen molar-refractivity contribution in [1.29, 1.82) is 0 Å². The van der Waals surface area contributed by atoms with Crippen LogP contribution in [0.4, 0.5) is 0 Å². The monoisotopic (exact) mass is 186 g/mol. The van der Waals surface area contributed by atoms with Gasteiger partial charge in [0.1, 0.15) is 0 Å². The first-order valence-corrected chi connectivity index (χ1v) is 4.71. The van der Waals surface area contributed by atoms with Gasteiger partial charge in [-0.1, -0.05) is 0 Å². The molecule has 13 heavy (non-hydrogen) atoms. The molecule has 0 radical (unpaired) electrons. The average molecular weight is 186 g/mol. The molecule has 0 heterocycles. The number of rotatable bonds is 6. The molecule has 1 N–H and O–H groups in total. The molecule has 0 atom stereocenters. The van der Waals surface area contributed by atoms with Gasteiger partial charge in [-0.05, 0) is 12.8 Å². The Morgan fingerprint density at radius 2 is 2.31 bits per heavy atom. The third-order valence-electron chi connectivity index (χ3n) is 2.25. The SMILES string of the molecule is COCCNCC(=O)N(C)C1CC1. The molecule has 1 aliphatic carbocycles. The van der Waals surface area contributed by atoms with Crippen molar-refractivity contribution in [2.24, 2.45) is 0 Å². The Hall–Kier alpha value is -0.610. The molecular weight excluding hydrogens is 168 g/mol. The molecule has 0 bridgehead atoms. The zero-order valence-corrected chi connectivity index (χ0v) is 8.38. The average Bonchev–Trinajstić information content (AvgIpc) is 2.94. The normalized spacial score (nSPS) is 15.8. The zero-order valence-electron chi connectivity index (χ0n) is 8.38. The summed E-state index contributed by atoms with van der Waals surface area (Å²) in [5, 5.41) is 3.03. The molecule has 0 spiro atoms. The van der Waals surface area contributed by atoms with Crippen LogP contribution in [0.3, 0.4) is 0 Å². The van der Waals surface area contributed by atoms with Crippen LogP contribution >= 0.6 is 0 Å². The first kappa shape index (κ1) is 10.5. The van der Waals surface area contributed by atoms with Gasteiger partial charge in [-0.2, -0.15) is 0 Å². The van der Waals surface area contributed by atoms with E-state index in [1.807, 2.05) is 11.9 Å². The molecule has 0 aromatic heterocycles. The van der Waals surface area contributed by atoms with E-state index in [9.17, 15) is 4.79 Å². The van der Waals surface area contributed by atoms with Crippen molar-refractivity contribution in [2.75, 3.05) is 33.9 Å². The van der Waals surface area contributed by atoms with E-state index in [4.69, 9.17) is 4.74 Å². The summed E-state index contributed by atoms with van der Waals surface area (Å²) in [5.74, 6) is 0.179. The lowest BCUT2D eigenvalue weighted by atomic mass is 10.4. The molecular formula is C9H18N2O2. The summed E-state index contributed by atoms with van der Waals surface area (Å²) < 4.78 is 4.86. The second-order valence-electron chi connectivity index (χ2n) is 3.41. The van der Waals surface area contributed by atoms with E-state index >= 15 is 0 Å². The van der Waals surface area contributed by atoms with Gasteiger partial charge in [0.05, 0.1) is 13.2 Å². The number of nitrogens with one attached hydrogen (secondary N) is 1. The van der Waals surface area contributed by atoms with Crippen molar-refractivity contribution in [3.05, 3.63) is 0 Å². The highest BCUT2D eigenvalue weighted by Crippen LogP contribution is 2.24. The van der Waals surface area contributed by atoms with Crippen molar-refractivity contribution >= 4 is 5.91 Å².